The van der Waals surface area contributed by atoms with Crippen LogP contribution in [0.2, 0.25) is 0 Å². The summed E-state index contributed by atoms with van der Waals surface area (Å²) in [6.07, 6.45) is 4.86. The maximum Gasteiger partial charge on any atom is 0.261 e. The van der Waals surface area contributed by atoms with Gasteiger partial charge >= 0.3 is 0 Å². The van der Waals surface area contributed by atoms with Crippen LogP contribution in [0, 0.1) is 6.92 Å². The van der Waals surface area contributed by atoms with E-state index in [9.17, 15) is 0 Å². The van der Waals surface area contributed by atoms with E-state index in [1.807, 2.05) is 13.0 Å². The van der Waals surface area contributed by atoms with Crippen LogP contribution in [0.15, 0.2) is 39.4 Å². The van der Waals surface area contributed by atoms with Crippen molar-refractivity contribution in [1.29, 1.82) is 0 Å². The smallest absolute Gasteiger partial charge is 0.261 e. The summed E-state index contributed by atoms with van der Waals surface area (Å²) in [6, 6.07) is 1.82. The minimum Gasteiger partial charge on any atom is -0.440 e. The second kappa shape index (κ2) is 3.57. The molecule has 2 rings (SSSR count). The monoisotopic (exact) mass is 193 g/mol. The van der Waals surface area contributed by atoms with Crippen molar-refractivity contribution in [3.8, 4) is 0 Å². The van der Waals surface area contributed by atoms with Crippen molar-refractivity contribution >= 4 is 11.8 Å². The van der Waals surface area contributed by atoms with Crippen LogP contribution in [0.3, 0.4) is 0 Å². The molecule has 0 saturated carbocycles. The van der Waals surface area contributed by atoms with Gasteiger partial charge in [0, 0.05) is 6.20 Å². The zero-order chi connectivity index (χ0) is 9.10. The summed E-state index contributed by atoms with van der Waals surface area (Å²) in [4.78, 5) is 12.2. The molecule has 2 aromatic heterocycles. The molecule has 0 amide bonds. The molecule has 0 bridgehead atoms. The summed E-state index contributed by atoms with van der Waals surface area (Å²) in [7, 11) is 0. The molecular weight excluding hydrogens is 186 g/mol. The molecule has 0 aliphatic carbocycles. The van der Waals surface area contributed by atoms with Gasteiger partial charge in [-0.15, -0.1) is 0 Å². The van der Waals surface area contributed by atoms with E-state index < -0.39 is 0 Å². The first-order valence-electron chi connectivity index (χ1n) is 3.71. The number of rotatable bonds is 2. The van der Waals surface area contributed by atoms with Gasteiger partial charge < -0.3 is 4.42 Å². The van der Waals surface area contributed by atoms with Crippen molar-refractivity contribution in [2.45, 2.75) is 17.2 Å². The number of aryl methyl sites for hydroxylation is 1. The van der Waals surface area contributed by atoms with Crippen molar-refractivity contribution in [3.05, 3.63) is 30.5 Å². The molecule has 2 aromatic rings. The van der Waals surface area contributed by atoms with E-state index in [0.29, 0.717) is 5.22 Å². The van der Waals surface area contributed by atoms with Gasteiger partial charge in [-0.2, -0.15) is 0 Å². The molecule has 0 aliphatic heterocycles. The first-order valence-corrected chi connectivity index (χ1v) is 4.53. The molecule has 0 spiro atoms. The summed E-state index contributed by atoms with van der Waals surface area (Å²) >= 11 is 1.38. The average Bonchev–Trinajstić information content (AvgIpc) is 2.57. The molecule has 0 saturated heterocycles. The number of oxazole rings is 1. The topological polar surface area (TPSA) is 51.8 Å². The van der Waals surface area contributed by atoms with Crippen molar-refractivity contribution in [2.75, 3.05) is 0 Å². The van der Waals surface area contributed by atoms with Gasteiger partial charge in [0.25, 0.3) is 5.22 Å². The summed E-state index contributed by atoms with van der Waals surface area (Å²) in [5.41, 5.74) is 0. The Hall–Kier alpha value is -1.36. The van der Waals surface area contributed by atoms with Gasteiger partial charge in [0.15, 0.2) is 0 Å². The molecule has 2 heterocycles. The predicted octanol–water partition coefficient (Wildman–Crippen LogP) is 1.92. The normalized spacial score (nSPS) is 10.2. The molecule has 0 atom stereocenters. The van der Waals surface area contributed by atoms with Crippen LogP contribution in [-0.2, 0) is 0 Å². The van der Waals surface area contributed by atoms with Gasteiger partial charge in [-0.05, 0) is 24.8 Å². The van der Waals surface area contributed by atoms with Crippen LogP contribution >= 0.6 is 11.8 Å². The van der Waals surface area contributed by atoms with Crippen molar-refractivity contribution in [2.24, 2.45) is 0 Å². The van der Waals surface area contributed by atoms with Gasteiger partial charge in [0.05, 0.1) is 6.20 Å². The van der Waals surface area contributed by atoms with Crippen LogP contribution in [0.5, 0.6) is 0 Å². The molecule has 0 unspecified atom stereocenters. The lowest BCUT2D eigenvalue weighted by atomic mass is 10.6. The van der Waals surface area contributed by atoms with Gasteiger partial charge in [0.1, 0.15) is 17.1 Å². The Morgan fingerprint density at radius 1 is 1.31 bits per heavy atom. The summed E-state index contributed by atoms with van der Waals surface area (Å²) in [5.74, 6) is 0.747. The lowest BCUT2D eigenvalue weighted by Crippen LogP contribution is -1.87. The maximum absolute atomic E-state index is 5.07. The maximum atomic E-state index is 5.07. The van der Waals surface area contributed by atoms with Crippen LogP contribution in [0.4, 0.5) is 0 Å². The fourth-order valence-corrected chi connectivity index (χ4v) is 1.54. The van der Waals surface area contributed by atoms with Crippen LogP contribution < -0.4 is 0 Å². The van der Waals surface area contributed by atoms with Gasteiger partial charge in [-0.25, -0.2) is 15.0 Å². The molecule has 0 fully saturated rings. The Morgan fingerprint density at radius 3 is 2.92 bits per heavy atom. The van der Waals surface area contributed by atoms with E-state index in [0.717, 1.165) is 10.9 Å². The Kier molecular flexibility index (Phi) is 2.27. The first kappa shape index (κ1) is 8.25. The molecule has 4 nitrogen and oxygen atoms in total. The fraction of sp³-hybridized carbons (Fsp3) is 0.125. The molecule has 0 aromatic carbocycles. The summed E-state index contributed by atoms with van der Waals surface area (Å²) in [5, 5.41) is 1.44. The van der Waals surface area contributed by atoms with E-state index in [2.05, 4.69) is 15.0 Å². The van der Waals surface area contributed by atoms with E-state index in [-0.39, 0.29) is 0 Å². The summed E-state index contributed by atoms with van der Waals surface area (Å²) < 4.78 is 5.07. The third kappa shape index (κ3) is 2.06. The Morgan fingerprint density at radius 2 is 2.23 bits per heavy atom. The van der Waals surface area contributed by atoms with Crippen LogP contribution in [-0.4, -0.2) is 15.0 Å². The molecule has 13 heavy (non-hydrogen) atoms. The van der Waals surface area contributed by atoms with Gasteiger partial charge in [-0.3, -0.25) is 0 Å². The Bertz CT molecular complexity index is 388. The second-order valence-electron chi connectivity index (χ2n) is 2.34. The Labute approximate surface area is 79.4 Å². The molecule has 0 N–H and O–H groups in total. The molecule has 66 valence electrons. The fourth-order valence-electron chi connectivity index (χ4n) is 0.842. The molecular formula is C8H7N3OS. The van der Waals surface area contributed by atoms with Crippen molar-refractivity contribution < 1.29 is 4.42 Å². The largest absolute Gasteiger partial charge is 0.440 e. The highest BCUT2D eigenvalue weighted by Crippen LogP contribution is 2.23. The van der Waals surface area contributed by atoms with Crippen molar-refractivity contribution in [1.82, 2.24) is 15.0 Å². The first-order chi connectivity index (χ1) is 6.34. The highest BCUT2D eigenvalue weighted by Gasteiger charge is 2.02. The minimum absolute atomic E-state index is 0.595. The van der Waals surface area contributed by atoms with E-state index in [1.165, 1.54) is 18.0 Å². The highest BCUT2D eigenvalue weighted by atomic mass is 32.2. The lowest BCUT2D eigenvalue weighted by Gasteiger charge is -1.95. The Balaban J connectivity index is 2.19. The zero-order valence-corrected chi connectivity index (χ0v) is 7.78. The number of nitrogens with zero attached hydrogens (tertiary/aromatic N) is 3. The van der Waals surface area contributed by atoms with Crippen LogP contribution in [0.25, 0.3) is 0 Å². The van der Waals surface area contributed by atoms with E-state index >= 15 is 0 Å². The number of hydrogen-bond donors (Lipinski definition) is 0. The third-order valence-electron chi connectivity index (χ3n) is 1.35. The van der Waals surface area contributed by atoms with Crippen molar-refractivity contribution in [3.63, 3.8) is 0 Å². The SMILES string of the molecule is Cc1nccc(Sc2ncco2)n1. The molecule has 0 radical (unpaired) electrons. The van der Waals surface area contributed by atoms with E-state index in [4.69, 9.17) is 4.42 Å². The summed E-state index contributed by atoms with van der Waals surface area (Å²) in [6.45, 7) is 1.85. The van der Waals surface area contributed by atoms with Crippen LogP contribution in [0.1, 0.15) is 5.82 Å². The standard InChI is InChI=1S/C8H7N3OS/c1-6-9-3-2-7(11-6)13-8-10-4-5-12-8/h2-5H,1H3. The van der Waals surface area contributed by atoms with Gasteiger partial charge in [-0.1, -0.05) is 0 Å². The number of hydrogen-bond acceptors (Lipinski definition) is 5. The molecule has 0 aliphatic rings. The predicted molar refractivity (Wildman–Crippen MR) is 47.4 cm³/mol. The minimum atomic E-state index is 0.595. The second-order valence-corrected chi connectivity index (χ2v) is 3.31. The number of aromatic nitrogens is 3. The zero-order valence-electron chi connectivity index (χ0n) is 6.97. The average molecular weight is 193 g/mol. The molecule has 5 heteroatoms. The third-order valence-corrected chi connectivity index (χ3v) is 2.16. The highest BCUT2D eigenvalue weighted by molar-refractivity contribution is 7.99. The van der Waals surface area contributed by atoms with Gasteiger partial charge in [0.2, 0.25) is 0 Å². The van der Waals surface area contributed by atoms with E-state index in [1.54, 1.807) is 12.4 Å². The quantitative estimate of drug-likeness (QED) is 0.682. The lowest BCUT2D eigenvalue weighted by molar-refractivity contribution is 0.454.